The van der Waals surface area contributed by atoms with Crippen molar-refractivity contribution in [2.45, 2.75) is 54.5 Å². The summed E-state index contributed by atoms with van der Waals surface area (Å²) in [6.07, 6.45) is 0.352. The van der Waals surface area contributed by atoms with E-state index in [1.54, 1.807) is 4.90 Å². The van der Waals surface area contributed by atoms with Gasteiger partial charge in [-0.3, -0.25) is 14.6 Å². The molecule has 4 nitrogen and oxygen atoms in total. The van der Waals surface area contributed by atoms with Gasteiger partial charge in [0.2, 0.25) is 5.91 Å². The monoisotopic (exact) mass is 380 g/mol. The zero-order valence-corrected chi connectivity index (χ0v) is 18.0. The van der Waals surface area contributed by atoms with Gasteiger partial charge in [0, 0.05) is 18.7 Å². The van der Waals surface area contributed by atoms with E-state index in [2.05, 4.69) is 26.8 Å². The Bertz CT molecular complexity index is 822. The first kappa shape index (κ1) is 21.7. The number of aryl methyl sites for hydroxylation is 3. The molecule has 0 atom stereocenters. The van der Waals surface area contributed by atoms with E-state index < -0.39 is 0 Å². The van der Waals surface area contributed by atoms with Crippen molar-refractivity contribution in [1.29, 1.82) is 0 Å². The van der Waals surface area contributed by atoms with E-state index in [0.717, 1.165) is 33.9 Å². The van der Waals surface area contributed by atoms with Gasteiger partial charge in [0.15, 0.2) is 0 Å². The second-order valence-electron chi connectivity index (χ2n) is 8.17. The van der Waals surface area contributed by atoms with Gasteiger partial charge in [0.25, 0.3) is 0 Å². The van der Waals surface area contributed by atoms with Gasteiger partial charge in [-0.05, 0) is 43.9 Å². The highest BCUT2D eigenvalue weighted by molar-refractivity contribution is 6.05. The number of imide groups is 1. The third-order valence-electron chi connectivity index (χ3n) is 4.42. The summed E-state index contributed by atoms with van der Waals surface area (Å²) < 4.78 is 0. The molecule has 0 aliphatic carbocycles. The average molecular weight is 381 g/mol. The lowest BCUT2D eigenvalue weighted by molar-refractivity contribution is -0.129. The van der Waals surface area contributed by atoms with Crippen LogP contribution in [0, 0.1) is 26.7 Å². The van der Waals surface area contributed by atoms with Crippen LogP contribution in [-0.2, 0) is 11.3 Å². The zero-order chi connectivity index (χ0) is 20.8. The maximum atomic E-state index is 12.9. The number of carbonyl (C=O) groups excluding carboxylic acids is 2. The van der Waals surface area contributed by atoms with Crippen molar-refractivity contribution in [2.24, 2.45) is 5.92 Å². The minimum absolute atomic E-state index is 0.110. The first-order chi connectivity index (χ1) is 13.2. The van der Waals surface area contributed by atoms with Crippen LogP contribution in [0.15, 0.2) is 42.5 Å². The first-order valence-corrected chi connectivity index (χ1v) is 9.93. The van der Waals surface area contributed by atoms with E-state index in [9.17, 15) is 9.59 Å². The van der Waals surface area contributed by atoms with Crippen LogP contribution >= 0.6 is 0 Å². The van der Waals surface area contributed by atoms with Gasteiger partial charge in [-0.15, -0.1) is 0 Å². The highest BCUT2D eigenvalue weighted by atomic mass is 16.2. The molecular weight excluding hydrogens is 348 g/mol. The van der Waals surface area contributed by atoms with Crippen molar-refractivity contribution >= 4 is 17.6 Å². The molecule has 0 N–H and O–H groups in total. The van der Waals surface area contributed by atoms with Gasteiger partial charge in [0.1, 0.15) is 0 Å². The number of benzene rings is 2. The minimum atomic E-state index is -0.237. The predicted molar refractivity (Wildman–Crippen MR) is 116 cm³/mol. The smallest absolute Gasteiger partial charge is 0.293 e. The number of rotatable bonds is 3. The molecule has 2 aromatic carbocycles. The molecule has 0 bridgehead atoms. The molecule has 4 heteroatoms. The van der Waals surface area contributed by atoms with Crippen molar-refractivity contribution in [3.63, 3.8) is 0 Å². The molecular formula is C24H32N2O2. The number of hydrogen-bond acceptors (Lipinski definition) is 2. The zero-order valence-electron chi connectivity index (χ0n) is 18.0. The van der Waals surface area contributed by atoms with E-state index >= 15 is 0 Å². The molecule has 1 aliphatic heterocycles. The van der Waals surface area contributed by atoms with Crippen molar-refractivity contribution < 1.29 is 9.59 Å². The Balaban J connectivity index is 0.000000640. The number of carbonyl (C=O) groups is 2. The van der Waals surface area contributed by atoms with Crippen LogP contribution in [-0.4, -0.2) is 23.4 Å². The topological polar surface area (TPSA) is 40.6 Å². The lowest BCUT2D eigenvalue weighted by Gasteiger charge is -2.35. The normalized spacial score (nSPS) is 14.2. The summed E-state index contributed by atoms with van der Waals surface area (Å²) in [5.74, 6) is 0.724. The fraction of sp³-hybridized carbons (Fsp3) is 0.417. The maximum Gasteiger partial charge on any atom is 0.331 e. The summed E-state index contributed by atoms with van der Waals surface area (Å²) in [4.78, 5) is 28.2. The fourth-order valence-corrected chi connectivity index (χ4v) is 3.05. The fourth-order valence-electron chi connectivity index (χ4n) is 3.05. The van der Waals surface area contributed by atoms with Gasteiger partial charge in [-0.25, -0.2) is 4.79 Å². The Morgan fingerprint density at radius 3 is 2.04 bits per heavy atom. The van der Waals surface area contributed by atoms with E-state index in [0.29, 0.717) is 19.5 Å². The Morgan fingerprint density at radius 2 is 1.46 bits per heavy atom. The number of nitrogens with zero attached hydrogens (tertiary/aromatic N) is 2. The molecule has 0 saturated carbocycles. The quantitative estimate of drug-likeness (QED) is 0.692. The summed E-state index contributed by atoms with van der Waals surface area (Å²) in [5.41, 5.74) is 5.21. The van der Waals surface area contributed by atoms with Crippen molar-refractivity contribution in [3.8, 4) is 0 Å². The van der Waals surface area contributed by atoms with Gasteiger partial charge in [-0.2, -0.15) is 0 Å². The maximum absolute atomic E-state index is 12.9. The largest absolute Gasteiger partial charge is 0.331 e. The average Bonchev–Trinajstić information content (AvgIpc) is 2.61. The van der Waals surface area contributed by atoms with Crippen LogP contribution in [0.3, 0.4) is 0 Å². The Morgan fingerprint density at radius 1 is 0.893 bits per heavy atom. The van der Waals surface area contributed by atoms with Crippen molar-refractivity contribution in [2.75, 3.05) is 11.4 Å². The number of hydrogen-bond donors (Lipinski definition) is 0. The first-order valence-electron chi connectivity index (χ1n) is 9.93. The predicted octanol–water partition coefficient (Wildman–Crippen LogP) is 5.63. The Kier molecular flexibility index (Phi) is 7.38. The summed E-state index contributed by atoms with van der Waals surface area (Å²) in [6.45, 7) is 13.3. The standard InChI is InChI=1S/C20H22N2O2.C4H10/c1-14-4-7-17(8-5-14)13-22-19(23)10-11-21(20(22)24)18-9-6-15(2)12-16(18)3;1-4(2)3/h4-9,12H,10-11,13H2,1-3H3;4H,1-3H3. The molecule has 1 heterocycles. The third kappa shape index (κ3) is 5.69. The van der Waals surface area contributed by atoms with Crippen LogP contribution < -0.4 is 4.90 Å². The molecule has 0 spiro atoms. The summed E-state index contributed by atoms with van der Waals surface area (Å²) in [7, 11) is 0. The molecule has 0 aromatic heterocycles. The van der Waals surface area contributed by atoms with Gasteiger partial charge in [-0.1, -0.05) is 68.3 Å². The minimum Gasteiger partial charge on any atom is -0.293 e. The highest BCUT2D eigenvalue weighted by Crippen LogP contribution is 2.26. The highest BCUT2D eigenvalue weighted by Gasteiger charge is 2.33. The SMILES string of the molecule is CC(C)C.Cc1ccc(CN2C(=O)CCN(c3ccc(C)cc3C)C2=O)cc1. The molecule has 1 aliphatic rings. The van der Waals surface area contributed by atoms with Crippen LogP contribution in [0.5, 0.6) is 0 Å². The molecule has 3 amide bonds. The second-order valence-corrected chi connectivity index (χ2v) is 8.17. The molecule has 2 aromatic rings. The van der Waals surface area contributed by atoms with Gasteiger partial charge in [0.05, 0.1) is 6.54 Å². The van der Waals surface area contributed by atoms with E-state index in [1.165, 1.54) is 4.90 Å². The molecule has 0 unspecified atom stereocenters. The molecule has 28 heavy (non-hydrogen) atoms. The van der Waals surface area contributed by atoms with Crippen molar-refractivity contribution in [3.05, 3.63) is 64.7 Å². The van der Waals surface area contributed by atoms with E-state index in [-0.39, 0.29) is 11.9 Å². The lowest BCUT2D eigenvalue weighted by Crippen LogP contribution is -2.52. The molecule has 1 saturated heterocycles. The van der Waals surface area contributed by atoms with E-state index in [4.69, 9.17) is 0 Å². The molecule has 150 valence electrons. The number of anilines is 1. The summed E-state index contributed by atoms with van der Waals surface area (Å²) in [6, 6.07) is 13.7. The van der Waals surface area contributed by atoms with Crippen molar-refractivity contribution in [1.82, 2.24) is 4.90 Å². The Hall–Kier alpha value is -2.62. The van der Waals surface area contributed by atoms with Gasteiger partial charge >= 0.3 is 6.03 Å². The summed E-state index contributed by atoms with van der Waals surface area (Å²) >= 11 is 0. The molecule has 3 rings (SSSR count). The van der Waals surface area contributed by atoms with Crippen LogP contribution in [0.1, 0.15) is 49.4 Å². The summed E-state index contributed by atoms with van der Waals surface area (Å²) in [5, 5.41) is 0. The van der Waals surface area contributed by atoms with Crippen LogP contribution in [0.4, 0.5) is 10.5 Å². The lowest BCUT2D eigenvalue weighted by atomic mass is 10.1. The van der Waals surface area contributed by atoms with Crippen LogP contribution in [0.25, 0.3) is 0 Å². The Labute approximate surface area is 169 Å². The second kappa shape index (κ2) is 9.54. The molecule has 0 radical (unpaired) electrons. The number of amides is 3. The molecule has 1 fully saturated rings. The third-order valence-corrected chi connectivity index (χ3v) is 4.42. The van der Waals surface area contributed by atoms with Gasteiger partial charge < -0.3 is 0 Å². The number of urea groups is 1. The van der Waals surface area contributed by atoms with Crippen LogP contribution in [0.2, 0.25) is 0 Å². The van der Waals surface area contributed by atoms with E-state index in [1.807, 2.05) is 57.2 Å².